The van der Waals surface area contributed by atoms with Gasteiger partial charge in [0, 0.05) is 51.7 Å². The average molecular weight is 374 g/mol. The molecule has 1 fully saturated rings. The number of sulfonamides is 1. The van der Waals surface area contributed by atoms with E-state index in [2.05, 4.69) is 10.3 Å². The van der Waals surface area contributed by atoms with Gasteiger partial charge in [-0.05, 0) is 35.9 Å². The summed E-state index contributed by atoms with van der Waals surface area (Å²) in [5.41, 5.74) is 1.51. The zero-order valence-corrected chi connectivity index (χ0v) is 15.6. The van der Waals surface area contributed by atoms with Gasteiger partial charge in [0.15, 0.2) is 0 Å². The molecular weight excluding hydrogens is 352 g/mol. The first-order chi connectivity index (χ1) is 12.4. The first-order valence-corrected chi connectivity index (χ1v) is 9.82. The van der Waals surface area contributed by atoms with Crippen LogP contribution in [0.2, 0.25) is 0 Å². The molecule has 1 saturated heterocycles. The second-order valence-corrected chi connectivity index (χ2v) is 8.08. The third-order valence-corrected chi connectivity index (χ3v) is 6.49. The Morgan fingerprint density at radius 1 is 1.27 bits per heavy atom. The number of amides is 1. The van der Waals surface area contributed by atoms with Gasteiger partial charge < -0.3 is 10.2 Å². The van der Waals surface area contributed by atoms with Crippen LogP contribution in [0, 0.1) is 0 Å². The van der Waals surface area contributed by atoms with Crippen LogP contribution in [0.3, 0.4) is 0 Å². The Morgan fingerprint density at radius 3 is 2.62 bits per heavy atom. The number of piperazine rings is 1. The van der Waals surface area contributed by atoms with Crippen LogP contribution >= 0.6 is 0 Å². The number of aromatic nitrogens is 1. The van der Waals surface area contributed by atoms with E-state index in [1.165, 1.54) is 16.1 Å². The topological polar surface area (TPSA) is 82.6 Å². The number of anilines is 1. The molecule has 0 spiro atoms. The van der Waals surface area contributed by atoms with Crippen molar-refractivity contribution in [3.05, 3.63) is 54.4 Å². The first-order valence-electron chi connectivity index (χ1n) is 8.38. The highest BCUT2D eigenvalue weighted by Gasteiger charge is 2.34. The predicted octanol–water partition coefficient (Wildman–Crippen LogP) is 1.40. The quantitative estimate of drug-likeness (QED) is 0.875. The fraction of sp³-hybridized carbons (Fsp3) is 0.333. The molecule has 8 heteroatoms. The van der Waals surface area contributed by atoms with Gasteiger partial charge in [-0.2, -0.15) is 4.31 Å². The highest BCUT2D eigenvalue weighted by Crippen LogP contribution is 2.29. The van der Waals surface area contributed by atoms with E-state index in [1.807, 2.05) is 6.07 Å². The molecule has 3 rings (SSSR count). The number of carbonyl (C=O) groups excluding carboxylic acids is 1. The van der Waals surface area contributed by atoms with E-state index in [0.717, 1.165) is 5.56 Å². The SMILES string of the molecule is CC(=O)N(C)c1ccc(S(=O)(=O)N2CCNCC2c2cccnc2)cc1. The largest absolute Gasteiger partial charge is 0.316 e. The second-order valence-electron chi connectivity index (χ2n) is 6.19. The van der Waals surface area contributed by atoms with Crippen molar-refractivity contribution in [1.82, 2.24) is 14.6 Å². The van der Waals surface area contributed by atoms with Gasteiger partial charge in [-0.3, -0.25) is 9.78 Å². The Labute approximate surface area is 153 Å². The van der Waals surface area contributed by atoms with Gasteiger partial charge in [0.2, 0.25) is 15.9 Å². The number of nitrogens with zero attached hydrogens (tertiary/aromatic N) is 3. The molecule has 26 heavy (non-hydrogen) atoms. The minimum atomic E-state index is -3.66. The molecule has 0 saturated carbocycles. The summed E-state index contributed by atoms with van der Waals surface area (Å²) in [5.74, 6) is -0.112. The molecule has 1 aliphatic rings. The normalized spacial score (nSPS) is 18.5. The third kappa shape index (κ3) is 3.62. The highest BCUT2D eigenvalue weighted by molar-refractivity contribution is 7.89. The summed E-state index contributed by atoms with van der Waals surface area (Å²) < 4.78 is 27.9. The predicted molar refractivity (Wildman–Crippen MR) is 99.3 cm³/mol. The summed E-state index contributed by atoms with van der Waals surface area (Å²) in [6, 6.07) is 9.78. The van der Waals surface area contributed by atoms with Crippen molar-refractivity contribution in [2.75, 3.05) is 31.6 Å². The van der Waals surface area contributed by atoms with Crippen LogP contribution < -0.4 is 10.2 Å². The van der Waals surface area contributed by atoms with Crippen molar-refractivity contribution >= 4 is 21.6 Å². The maximum absolute atomic E-state index is 13.2. The Morgan fingerprint density at radius 2 is 2.00 bits per heavy atom. The molecular formula is C18H22N4O3S. The molecule has 1 unspecified atom stereocenters. The number of hydrogen-bond acceptors (Lipinski definition) is 5. The summed E-state index contributed by atoms with van der Waals surface area (Å²) in [5, 5.41) is 3.25. The van der Waals surface area contributed by atoms with Gasteiger partial charge in [-0.25, -0.2) is 8.42 Å². The lowest BCUT2D eigenvalue weighted by Crippen LogP contribution is -2.48. The van der Waals surface area contributed by atoms with Crippen LogP contribution in [-0.4, -0.2) is 50.3 Å². The molecule has 2 aromatic rings. The van der Waals surface area contributed by atoms with E-state index in [0.29, 0.717) is 25.3 Å². The molecule has 1 aliphatic heterocycles. The van der Waals surface area contributed by atoms with E-state index in [9.17, 15) is 13.2 Å². The van der Waals surface area contributed by atoms with E-state index in [-0.39, 0.29) is 16.8 Å². The van der Waals surface area contributed by atoms with E-state index >= 15 is 0 Å². The number of nitrogens with one attached hydrogen (secondary N) is 1. The number of hydrogen-bond donors (Lipinski definition) is 1. The van der Waals surface area contributed by atoms with Crippen LogP contribution in [-0.2, 0) is 14.8 Å². The summed E-state index contributed by atoms with van der Waals surface area (Å²) in [6.45, 7) is 2.98. The van der Waals surface area contributed by atoms with Crippen molar-refractivity contribution < 1.29 is 13.2 Å². The second kappa shape index (κ2) is 7.53. The van der Waals surface area contributed by atoms with Crippen molar-refractivity contribution in [2.24, 2.45) is 0 Å². The monoisotopic (exact) mass is 374 g/mol. The molecule has 0 radical (unpaired) electrons. The number of benzene rings is 1. The molecule has 138 valence electrons. The first kappa shape index (κ1) is 18.5. The van der Waals surface area contributed by atoms with Gasteiger partial charge in [-0.15, -0.1) is 0 Å². The smallest absolute Gasteiger partial charge is 0.243 e. The van der Waals surface area contributed by atoms with E-state index in [4.69, 9.17) is 0 Å². The zero-order chi connectivity index (χ0) is 18.7. The lowest BCUT2D eigenvalue weighted by Gasteiger charge is -2.35. The molecule has 1 N–H and O–H groups in total. The molecule has 0 aliphatic carbocycles. The number of rotatable bonds is 4. The van der Waals surface area contributed by atoms with Gasteiger partial charge in [0.1, 0.15) is 0 Å². The van der Waals surface area contributed by atoms with Crippen LogP contribution in [0.4, 0.5) is 5.69 Å². The highest BCUT2D eigenvalue weighted by atomic mass is 32.2. The average Bonchev–Trinajstić information content (AvgIpc) is 2.68. The van der Waals surface area contributed by atoms with Crippen molar-refractivity contribution in [1.29, 1.82) is 0 Å². The minimum absolute atomic E-state index is 0.112. The lowest BCUT2D eigenvalue weighted by atomic mass is 10.1. The minimum Gasteiger partial charge on any atom is -0.316 e. The van der Waals surface area contributed by atoms with E-state index < -0.39 is 10.0 Å². The Kier molecular flexibility index (Phi) is 5.36. The standard InChI is InChI=1S/C18H22N4O3S/c1-14(23)21(2)16-5-7-17(8-6-16)26(24,25)22-11-10-20-13-18(22)15-4-3-9-19-12-15/h3-9,12,18,20H,10-11,13H2,1-2H3. The summed E-state index contributed by atoms with van der Waals surface area (Å²) in [6.07, 6.45) is 3.37. The molecule has 2 heterocycles. The third-order valence-electron chi connectivity index (χ3n) is 4.57. The lowest BCUT2D eigenvalue weighted by molar-refractivity contribution is -0.116. The van der Waals surface area contributed by atoms with Crippen LogP contribution in [0.1, 0.15) is 18.5 Å². The Balaban J connectivity index is 1.91. The molecule has 1 aromatic heterocycles. The van der Waals surface area contributed by atoms with Gasteiger partial charge in [0.05, 0.1) is 10.9 Å². The molecule has 0 bridgehead atoms. The van der Waals surface area contributed by atoms with Crippen LogP contribution in [0.25, 0.3) is 0 Å². The maximum atomic E-state index is 13.2. The summed E-state index contributed by atoms with van der Waals surface area (Å²) in [7, 11) is -2.01. The van der Waals surface area contributed by atoms with Crippen molar-refractivity contribution in [3.63, 3.8) is 0 Å². The van der Waals surface area contributed by atoms with Gasteiger partial charge in [0.25, 0.3) is 0 Å². The van der Waals surface area contributed by atoms with E-state index in [1.54, 1.807) is 49.8 Å². The molecule has 1 aromatic carbocycles. The Hall–Kier alpha value is -2.29. The van der Waals surface area contributed by atoms with Crippen LogP contribution in [0.15, 0.2) is 53.7 Å². The van der Waals surface area contributed by atoms with Crippen molar-refractivity contribution in [3.8, 4) is 0 Å². The maximum Gasteiger partial charge on any atom is 0.243 e. The fourth-order valence-electron chi connectivity index (χ4n) is 2.99. The molecule has 1 amide bonds. The van der Waals surface area contributed by atoms with Gasteiger partial charge >= 0.3 is 0 Å². The number of carbonyl (C=O) groups is 1. The fourth-order valence-corrected chi connectivity index (χ4v) is 4.60. The molecule has 1 atom stereocenters. The zero-order valence-electron chi connectivity index (χ0n) is 14.8. The van der Waals surface area contributed by atoms with Crippen LogP contribution in [0.5, 0.6) is 0 Å². The molecule has 7 nitrogen and oxygen atoms in total. The Bertz CT molecular complexity index is 869. The number of pyridine rings is 1. The van der Waals surface area contributed by atoms with Gasteiger partial charge in [-0.1, -0.05) is 6.07 Å². The summed E-state index contributed by atoms with van der Waals surface area (Å²) >= 11 is 0. The van der Waals surface area contributed by atoms with Crippen molar-refractivity contribution in [2.45, 2.75) is 17.9 Å². The summed E-state index contributed by atoms with van der Waals surface area (Å²) in [4.78, 5) is 17.3.